The van der Waals surface area contributed by atoms with Crippen LogP contribution in [0.25, 0.3) is 0 Å². The third kappa shape index (κ3) is 3.51. The van der Waals surface area contributed by atoms with Crippen molar-refractivity contribution in [2.45, 2.75) is 4.90 Å². The number of esters is 2. The van der Waals surface area contributed by atoms with Gasteiger partial charge in [-0.25, -0.2) is 18.0 Å². The van der Waals surface area contributed by atoms with Gasteiger partial charge in [0.05, 0.1) is 25.5 Å². The standard InChI is InChI=1S/C14H13NO6S2/c1-20-13(16)9-5-3-4-6-11(9)23(18,19)15-10-7-8-22-12(10)14(17)21-2/h3-8,15H,1-2H3. The second-order valence-electron chi connectivity index (χ2n) is 4.25. The molecule has 0 saturated carbocycles. The van der Waals surface area contributed by atoms with Crippen LogP contribution in [0.1, 0.15) is 20.0 Å². The minimum absolute atomic E-state index is 0.0847. The van der Waals surface area contributed by atoms with Crippen molar-refractivity contribution in [3.05, 3.63) is 46.2 Å². The summed E-state index contributed by atoms with van der Waals surface area (Å²) in [6.07, 6.45) is 0. The van der Waals surface area contributed by atoms with Crippen LogP contribution in [0.15, 0.2) is 40.6 Å². The third-order valence-corrected chi connectivity index (χ3v) is 5.18. The Morgan fingerprint density at radius 2 is 1.70 bits per heavy atom. The van der Waals surface area contributed by atoms with Crippen LogP contribution >= 0.6 is 11.3 Å². The minimum atomic E-state index is -4.09. The highest BCUT2D eigenvalue weighted by atomic mass is 32.2. The lowest BCUT2D eigenvalue weighted by atomic mass is 10.2. The number of hydrogen-bond acceptors (Lipinski definition) is 7. The summed E-state index contributed by atoms with van der Waals surface area (Å²) in [6, 6.07) is 7.06. The molecule has 2 aromatic rings. The first-order valence-electron chi connectivity index (χ1n) is 6.26. The van der Waals surface area contributed by atoms with Crippen LogP contribution in [-0.4, -0.2) is 34.6 Å². The van der Waals surface area contributed by atoms with Crippen LogP contribution < -0.4 is 4.72 Å². The van der Waals surface area contributed by atoms with E-state index in [2.05, 4.69) is 14.2 Å². The topological polar surface area (TPSA) is 98.8 Å². The number of benzene rings is 1. The average Bonchev–Trinajstić information content (AvgIpc) is 3.00. The largest absolute Gasteiger partial charge is 0.465 e. The van der Waals surface area contributed by atoms with Gasteiger partial charge in [0, 0.05) is 0 Å². The fourth-order valence-electron chi connectivity index (χ4n) is 1.82. The summed E-state index contributed by atoms with van der Waals surface area (Å²) < 4.78 is 36.5. The van der Waals surface area contributed by atoms with E-state index in [1.807, 2.05) is 0 Å². The first-order chi connectivity index (χ1) is 10.9. The van der Waals surface area contributed by atoms with Gasteiger partial charge in [0.2, 0.25) is 0 Å². The Balaban J connectivity index is 2.44. The molecule has 23 heavy (non-hydrogen) atoms. The Hall–Kier alpha value is -2.39. The highest BCUT2D eigenvalue weighted by molar-refractivity contribution is 7.92. The highest BCUT2D eigenvalue weighted by Gasteiger charge is 2.25. The van der Waals surface area contributed by atoms with E-state index in [1.165, 1.54) is 37.4 Å². The summed E-state index contributed by atoms with van der Waals surface area (Å²) in [5, 5.41) is 1.55. The Morgan fingerprint density at radius 3 is 2.35 bits per heavy atom. The number of anilines is 1. The van der Waals surface area contributed by atoms with Gasteiger partial charge < -0.3 is 9.47 Å². The molecule has 0 aliphatic rings. The van der Waals surface area contributed by atoms with E-state index in [0.29, 0.717) is 0 Å². The number of nitrogens with one attached hydrogen (secondary N) is 1. The van der Waals surface area contributed by atoms with Crippen LogP contribution in [0.2, 0.25) is 0 Å². The molecule has 0 unspecified atom stereocenters. The van der Waals surface area contributed by atoms with Crippen molar-refractivity contribution in [1.29, 1.82) is 0 Å². The summed E-state index contributed by atoms with van der Waals surface area (Å²) in [5.41, 5.74) is -0.0149. The quantitative estimate of drug-likeness (QED) is 0.825. The summed E-state index contributed by atoms with van der Waals surface area (Å²) >= 11 is 1.04. The van der Waals surface area contributed by atoms with E-state index in [-0.39, 0.29) is 21.0 Å². The Labute approximate surface area is 136 Å². The van der Waals surface area contributed by atoms with Crippen LogP contribution in [0.4, 0.5) is 5.69 Å². The summed E-state index contributed by atoms with van der Waals surface area (Å²) in [5.74, 6) is -1.43. The number of methoxy groups -OCH3 is 2. The fraction of sp³-hybridized carbons (Fsp3) is 0.143. The predicted octanol–water partition coefficient (Wildman–Crippen LogP) is 2.12. The molecule has 1 aromatic carbocycles. The second kappa shape index (κ2) is 6.80. The Bertz CT molecular complexity index is 840. The smallest absolute Gasteiger partial charge is 0.350 e. The van der Waals surface area contributed by atoms with Crippen molar-refractivity contribution in [3.8, 4) is 0 Å². The number of ether oxygens (including phenoxy) is 2. The lowest BCUT2D eigenvalue weighted by molar-refractivity contribution is 0.0591. The van der Waals surface area contributed by atoms with Gasteiger partial charge in [0.1, 0.15) is 9.77 Å². The molecule has 0 aliphatic heterocycles. The third-order valence-electron chi connectivity index (χ3n) is 2.86. The van der Waals surface area contributed by atoms with Crippen molar-refractivity contribution in [1.82, 2.24) is 0 Å². The van der Waals surface area contributed by atoms with Gasteiger partial charge in [-0.3, -0.25) is 4.72 Å². The van der Waals surface area contributed by atoms with Gasteiger partial charge in [0.15, 0.2) is 0 Å². The van der Waals surface area contributed by atoms with E-state index < -0.39 is 22.0 Å². The van der Waals surface area contributed by atoms with E-state index >= 15 is 0 Å². The van der Waals surface area contributed by atoms with Gasteiger partial charge in [0.25, 0.3) is 10.0 Å². The fourth-order valence-corrected chi connectivity index (χ4v) is 3.92. The lowest BCUT2D eigenvalue weighted by Crippen LogP contribution is -2.18. The Kier molecular flexibility index (Phi) is 5.02. The SMILES string of the molecule is COC(=O)c1ccccc1S(=O)(=O)Nc1ccsc1C(=O)OC. The van der Waals surface area contributed by atoms with Gasteiger partial charge in [-0.1, -0.05) is 12.1 Å². The molecule has 0 amide bonds. The van der Waals surface area contributed by atoms with Crippen molar-refractivity contribution >= 4 is 39.0 Å². The molecule has 0 fully saturated rings. The van der Waals surface area contributed by atoms with E-state index in [1.54, 1.807) is 5.38 Å². The number of sulfonamides is 1. The lowest BCUT2D eigenvalue weighted by Gasteiger charge is -2.11. The first-order valence-corrected chi connectivity index (χ1v) is 8.63. The minimum Gasteiger partial charge on any atom is -0.465 e. The highest BCUT2D eigenvalue weighted by Crippen LogP contribution is 2.27. The summed E-state index contributed by atoms with van der Waals surface area (Å²) in [7, 11) is -1.72. The molecule has 122 valence electrons. The van der Waals surface area contributed by atoms with Crippen LogP contribution in [0, 0.1) is 0 Å². The monoisotopic (exact) mass is 355 g/mol. The number of thiophene rings is 1. The first kappa shape index (κ1) is 17.0. The van der Waals surface area contributed by atoms with E-state index in [0.717, 1.165) is 18.4 Å². The maximum Gasteiger partial charge on any atom is 0.350 e. The molecule has 9 heteroatoms. The molecule has 0 radical (unpaired) electrons. The molecular weight excluding hydrogens is 342 g/mol. The molecule has 1 aromatic heterocycles. The summed E-state index contributed by atoms with van der Waals surface area (Å²) in [4.78, 5) is 23.2. The van der Waals surface area contributed by atoms with Crippen molar-refractivity contribution in [2.24, 2.45) is 0 Å². The van der Waals surface area contributed by atoms with Gasteiger partial charge in [-0.2, -0.15) is 0 Å². The molecule has 2 rings (SSSR count). The van der Waals surface area contributed by atoms with Crippen molar-refractivity contribution < 1.29 is 27.5 Å². The summed E-state index contributed by atoms with van der Waals surface area (Å²) in [6.45, 7) is 0. The van der Waals surface area contributed by atoms with Crippen molar-refractivity contribution in [3.63, 3.8) is 0 Å². The maximum absolute atomic E-state index is 12.5. The van der Waals surface area contributed by atoms with Crippen molar-refractivity contribution in [2.75, 3.05) is 18.9 Å². The molecular formula is C14H13NO6S2. The number of hydrogen-bond donors (Lipinski definition) is 1. The normalized spacial score (nSPS) is 10.9. The molecule has 0 aliphatic carbocycles. The number of carbonyl (C=O) groups excluding carboxylic acids is 2. The van der Waals surface area contributed by atoms with Gasteiger partial charge in [-0.05, 0) is 23.6 Å². The molecule has 7 nitrogen and oxygen atoms in total. The average molecular weight is 355 g/mol. The zero-order chi connectivity index (χ0) is 17.0. The van der Waals surface area contributed by atoms with Crippen LogP contribution in [0.5, 0.6) is 0 Å². The van der Waals surface area contributed by atoms with Gasteiger partial charge >= 0.3 is 11.9 Å². The molecule has 0 atom stereocenters. The Morgan fingerprint density at radius 1 is 1.04 bits per heavy atom. The zero-order valence-corrected chi connectivity index (χ0v) is 13.9. The van der Waals surface area contributed by atoms with Crippen LogP contribution in [0.3, 0.4) is 0 Å². The van der Waals surface area contributed by atoms with Crippen LogP contribution in [-0.2, 0) is 19.5 Å². The molecule has 0 bridgehead atoms. The molecule has 0 spiro atoms. The molecule has 1 heterocycles. The number of carbonyl (C=O) groups is 2. The predicted molar refractivity (Wildman–Crippen MR) is 84.2 cm³/mol. The zero-order valence-electron chi connectivity index (χ0n) is 12.2. The maximum atomic E-state index is 12.5. The molecule has 0 saturated heterocycles. The molecule has 1 N–H and O–H groups in total. The van der Waals surface area contributed by atoms with E-state index in [4.69, 9.17) is 0 Å². The second-order valence-corrected chi connectivity index (χ2v) is 6.82. The van der Waals surface area contributed by atoms with Gasteiger partial charge in [-0.15, -0.1) is 11.3 Å². The van der Waals surface area contributed by atoms with E-state index in [9.17, 15) is 18.0 Å². The number of rotatable bonds is 5.